The summed E-state index contributed by atoms with van der Waals surface area (Å²) in [5, 5.41) is 1.45. The smallest absolute Gasteiger partial charge is 0.0506 e. The van der Waals surface area contributed by atoms with Gasteiger partial charge in [-0.3, -0.25) is 0 Å². The van der Waals surface area contributed by atoms with Crippen molar-refractivity contribution in [3.8, 4) is 0 Å². The number of nitrogens with zero attached hydrogens (tertiary/aromatic N) is 3. The Morgan fingerprint density at radius 2 is 1.77 bits per heavy atom. The maximum Gasteiger partial charge on any atom is 0.0506 e. The van der Waals surface area contributed by atoms with Crippen molar-refractivity contribution in [1.29, 1.82) is 0 Å². The van der Waals surface area contributed by atoms with E-state index in [0.29, 0.717) is 5.92 Å². The van der Waals surface area contributed by atoms with Gasteiger partial charge < -0.3 is 14.4 Å². The number of hydrogen-bond donors (Lipinski definition) is 0. The zero-order chi connectivity index (χ0) is 15.3. The van der Waals surface area contributed by atoms with E-state index in [4.69, 9.17) is 0 Å². The normalized spacial score (nSPS) is 20.3. The van der Waals surface area contributed by atoms with Crippen LogP contribution in [0.2, 0.25) is 0 Å². The first-order valence-electron chi connectivity index (χ1n) is 8.71. The zero-order valence-corrected chi connectivity index (χ0v) is 14.0. The molecule has 2 fully saturated rings. The minimum absolute atomic E-state index is 0.582. The highest BCUT2D eigenvalue weighted by atomic mass is 15.2. The molecule has 3 heteroatoms. The largest absolute Gasteiger partial charge is 0.368 e. The molecule has 0 bridgehead atoms. The van der Waals surface area contributed by atoms with Crippen LogP contribution >= 0.6 is 0 Å². The first-order chi connectivity index (χ1) is 10.6. The van der Waals surface area contributed by atoms with Gasteiger partial charge >= 0.3 is 0 Å². The molecule has 1 saturated carbocycles. The third kappa shape index (κ3) is 2.41. The standard InChI is InChI=1S/C19H27N3/c1-14(2)15-12-18(21-10-8-20(3)9-11-21)17-6-7-22(16-4-5-16)19(17)13-15/h6-7,12-14,16H,4-5,8-11H2,1-3H3. The van der Waals surface area contributed by atoms with E-state index in [1.54, 1.807) is 0 Å². The van der Waals surface area contributed by atoms with Gasteiger partial charge in [0.05, 0.1) is 5.52 Å². The van der Waals surface area contributed by atoms with Gasteiger partial charge in [0, 0.05) is 49.5 Å². The van der Waals surface area contributed by atoms with Crippen LogP contribution in [0.5, 0.6) is 0 Å². The Kier molecular flexibility index (Phi) is 3.41. The van der Waals surface area contributed by atoms with Crippen molar-refractivity contribution in [2.45, 2.75) is 38.6 Å². The van der Waals surface area contributed by atoms with Crippen molar-refractivity contribution in [3.05, 3.63) is 30.0 Å². The Bertz CT molecular complexity index is 673. The minimum atomic E-state index is 0.582. The first kappa shape index (κ1) is 14.1. The summed E-state index contributed by atoms with van der Waals surface area (Å²) in [6, 6.07) is 7.96. The van der Waals surface area contributed by atoms with Crippen LogP contribution < -0.4 is 4.90 Å². The molecule has 2 heterocycles. The number of fused-ring (bicyclic) bond motifs is 1. The van der Waals surface area contributed by atoms with Gasteiger partial charge in [-0.2, -0.15) is 0 Å². The van der Waals surface area contributed by atoms with Gasteiger partial charge in [0.2, 0.25) is 0 Å². The summed E-state index contributed by atoms with van der Waals surface area (Å²) in [7, 11) is 2.22. The van der Waals surface area contributed by atoms with E-state index in [2.05, 4.69) is 59.7 Å². The van der Waals surface area contributed by atoms with Crippen molar-refractivity contribution in [3.63, 3.8) is 0 Å². The summed E-state index contributed by atoms with van der Waals surface area (Å²) in [4.78, 5) is 5.01. The highest BCUT2D eigenvalue weighted by Crippen LogP contribution is 2.41. The molecule has 0 amide bonds. The highest BCUT2D eigenvalue weighted by molar-refractivity contribution is 5.94. The summed E-state index contributed by atoms with van der Waals surface area (Å²) >= 11 is 0. The van der Waals surface area contributed by atoms with Crippen molar-refractivity contribution in [1.82, 2.24) is 9.47 Å². The van der Waals surface area contributed by atoms with Crippen LogP contribution in [0.3, 0.4) is 0 Å². The minimum Gasteiger partial charge on any atom is -0.368 e. The molecule has 3 nitrogen and oxygen atoms in total. The molecule has 1 aromatic heterocycles. The molecule has 0 radical (unpaired) electrons. The number of aromatic nitrogens is 1. The molecule has 2 aliphatic rings. The Morgan fingerprint density at radius 1 is 1.05 bits per heavy atom. The Morgan fingerprint density at radius 3 is 2.41 bits per heavy atom. The number of rotatable bonds is 3. The SMILES string of the molecule is CC(C)c1cc(N2CCN(C)CC2)c2ccn(C3CC3)c2c1. The topological polar surface area (TPSA) is 11.4 Å². The quantitative estimate of drug-likeness (QED) is 0.852. The predicted octanol–water partition coefficient (Wildman–Crippen LogP) is 3.85. The van der Waals surface area contributed by atoms with Crippen LogP contribution in [-0.4, -0.2) is 42.7 Å². The van der Waals surface area contributed by atoms with Gasteiger partial charge in [0.25, 0.3) is 0 Å². The van der Waals surface area contributed by atoms with E-state index in [-0.39, 0.29) is 0 Å². The number of hydrogen-bond acceptors (Lipinski definition) is 2. The van der Waals surface area contributed by atoms with Crippen molar-refractivity contribution in [2.24, 2.45) is 0 Å². The first-order valence-corrected chi connectivity index (χ1v) is 8.71. The van der Waals surface area contributed by atoms with Crippen LogP contribution in [-0.2, 0) is 0 Å². The second kappa shape index (κ2) is 5.31. The number of benzene rings is 1. The van der Waals surface area contributed by atoms with Crippen molar-refractivity contribution < 1.29 is 0 Å². The lowest BCUT2D eigenvalue weighted by Crippen LogP contribution is -2.44. The Labute approximate surface area is 133 Å². The fourth-order valence-corrected chi connectivity index (χ4v) is 3.58. The lowest BCUT2D eigenvalue weighted by Gasteiger charge is -2.35. The fraction of sp³-hybridized carbons (Fsp3) is 0.579. The lowest BCUT2D eigenvalue weighted by molar-refractivity contribution is 0.313. The summed E-state index contributed by atoms with van der Waals surface area (Å²) in [5.74, 6) is 0.582. The maximum absolute atomic E-state index is 2.59. The fourth-order valence-electron chi connectivity index (χ4n) is 3.58. The van der Waals surface area contributed by atoms with Gasteiger partial charge in [0.15, 0.2) is 0 Å². The number of piperazine rings is 1. The molecule has 0 unspecified atom stereocenters. The summed E-state index contributed by atoms with van der Waals surface area (Å²) in [6.45, 7) is 9.22. The van der Waals surface area contributed by atoms with Crippen LogP contribution in [0.15, 0.2) is 24.4 Å². The van der Waals surface area contributed by atoms with Gasteiger partial charge in [-0.25, -0.2) is 0 Å². The van der Waals surface area contributed by atoms with E-state index < -0.39 is 0 Å². The van der Waals surface area contributed by atoms with Crippen LogP contribution in [0.1, 0.15) is 44.2 Å². The highest BCUT2D eigenvalue weighted by Gasteiger charge is 2.26. The Hall–Kier alpha value is -1.48. The van der Waals surface area contributed by atoms with E-state index >= 15 is 0 Å². The molecule has 0 atom stereocenters. The summed E-state index contributed by atoms with van der Waals surface area (Å²) in [6.07, 6.45) is 5.01. The van der Waals surface area contributed by atoms with Gasteiger partial charge in [-0.1, -0.05) is 13.8 Å². The second-order valence-electron chi connectivity index (χ2n) is 7.37. The molecule has 22 heavy (non-hydrogen) atoms. The third-order valence-corrected chi connectivity index (χ3v) is 5.29. The number of likely N-dealkylation sites (N-methyl/N-ethyl adjacent to an activating group) is 1. The molecule has 1 aliphatic heterocycles. The second-order valence-corrected chi connectivity index (χ2v) is 7.37. The molecule has 1 saturated heterocycles. The van der Waals surface area contributed by atoms with Gasteiger partial charge in [-0.15, -0.1) is 0 Å². The third-order valence-electron chi connectivity index (χ3n) is 5.29. The zero-order valence-electron chi connectivity index (χ0n) is 14.0. The molecule has 118 valence electrons. The van der Waals surface area contributed by atoms with Crippen molar-refractivity contribution in [2.75, 3.05) is 38.1 Å². The molecule has 2 aromatic rings. The molecule has 0 spiro atoms. The molecule has 1 aliphatic carbocycles. The maximum atomic E-state index is 2.59. The molecule has 0 N–H and O–H groups in total. The average Bonchev–Trinajstić information content (AvgIpc) is 3.26. The van der Waals surface area contributed by atoms with Crippen molar-refractivity contribution >= 4 is 16.6 Å². The molecule has 4 rings (SSSR count). The summed E-state index contributed by atoms with van der Waals surface area (Å²) in [5.41, 5.74) is 4.37. The summed E-state index contributed by atoms with van der Waals surface area (Å²) < 4.78 is 2.51. The Balaban J connectivity index is 1.81. The average molecular weight is 297 g/mol. The van der Waals surface area contributed by atoms with E-state index in [1.165, 1.54) is 35.0 Å². The molecular formula is C19H27N3. The van der Waals surface area contributed by atoms with Gasteiger partial charge in [0.1, 0.15) is 0 Å². The van der Waals surface area contributed by atoms with E-state index in [1.807, 2.05) is 0 Å². The van der Waals surface area contributed by atoms with E-state index in [9.17, 15) is 0 Å². The lowest BCUT2D eigenvalue weighted by atomic mass is 10.00. The van der Waals surface area contributed by atoms with Gasteiger partial charge in [-0.05, 0) is 49.6 Å². The molecule has 1 aromatic carbocycles. The van der Waals surface area contributed by atoms with E-state index in [0.717, 1.165) is 32.2 Å². The van der Waals surface area contributed by atoms with Crippen LogP contribution in [0.4, 0.5) is 5.69 Å². The monoisotopic (exact) mass is 297 g/mol. The molecular weight excluding hydrogens is 270 g/mol. The number of anilines is 1. The van der Waals surface area contributed by atoms with Crippen LogP contribution in [0, 0.1) is 0 Å². The predicted molar refractivity (Wildman–Crippen MR) is 94.0 cm³/mol. The van der Waals surface area contributed by atoms with Crippen LogP contribution in [0.25, 0.3) is 10.9 Å².